The first kappa shape index (κ1) is 19.3. The van der Waals surface area contributed by atoms with E-state index in [1.54, 1.807) is 0 Å². The fraction of sp³-hybridized carbons (Fsp3) is 0.444. The van der Waals surface area contributed by atoms with Crippen molar-refractivity contribution in [3.63, 3.8) is 0 Å². The van der Waals surface area contributed by atoms with Crippen LogP contribution >= 0.6 is 11.3 Å². The van der Waals surface area contributed by atoms with E-state index in [1.165, 1.54) is 17.4 Å². The van der Waals surface area contributed by atoms with Crippen molar-refractivity contribution in [1.29, 1.82) is 0 Å². The third-order valence-corrected chi connectivity index (χ3v) is 7.24. The molecule has 2 amide bonds. The van der Waals surface area contributed by atoms with Crippen LogP contribution in [0.3, 0.4) is 0 Å². The van der Waals surface area contributed by atoms with E-state index in [9.17, 15) is 17.6 Å². The lowest BCUT2D eigenvalue weighted by molar-refractivity contribution is 0.247. The van der Waals surface area contributed by atoms with Gasteiger partial charge in [0.2, 0.25) is 10.0 Å². The monoisotopic (exact) mass is 424 g/mol. The predicted octanol–water partition coefficient (Wildman–Crippen LogP) is 3.30. The molecular formula is C18H21FN4O3S2. The standard InChI is InChI=1S/C18H21FN4O3S2/c1-10-9-27-17(20-10)16(11-2-3-11)22-18(24)21-13-6-7-14(19)15(8-13)28(25,26)23-12-4-5-12/h6-9,11-12,16,23H,2-5H2,1H3,(H2,21,22,24). The molecule has 1 atom stereocenters. The van der Waals surface area contributed by atoms with Crippen LogP contribution in [-0.4, -0.2) is 25.5 Å². The van der Waals surface area contributed by atoms with E-state index in [0.29, 0.717) is 5.92 Å². The predicted molar refractivity (Wildman–Crippen MR) is 104 cm³/mol. The first-order valence-electron chi connectivity index (χ1n) is 9.13. The molecule has 10 heteroatoms. The van der Waals surface area contributed by atoms with Crippen LogP contribution in [0.2, 0.25) is 0 Å². The fourth-order valence-electron chi connectivity index (χ4n) is 2.91. The summed E-state index contributed by atoms with van der Waals surface area (Å²) in [6, 6.07) is 2.73. The van der Waals surface area contributed by atoms with Gasteiger partial charge in [-0.3, -0.25) is 0 Å². The number of nitrogens with zero attached hydrogens (tertiary/aromatic N) is 1. The topological polar surface area (TPSA) is 100 Å². The fourth-order valence-corrected chi connectivity index (χ4v) is 5.25. The van der Waals surface area contributed by atoms with Gasteiger partial charge in [0.25, 0.3) is 0 Å². The van der Waals surface area contributed by atoms with E-state index in [1.807, 2.05) is 12.3 Å². The lowest BCUT2D eigenvalue weighted by atomic mass is 10.2. The van der Waals surface area contributed by atoms with Crippen LogP contribution in [0.5, 0.6) is 0 Å². The van der Waals surface area contributed by atoms with Crippen LogP contribution in [0, 0.1) is 18.7 Å². The summed E-state index contributed by atoms with van der Waals surface area (Å²) in [6.07, 6.45) is 3.55. The van der Waals surface area contributed by atoms with Crippen LogP contribution < -0.4 is 15.4 Å². The molecule has 0 spiro atoms. The second kappa shape index (κ2) is 7.41. The van der Waals surface area contributed by atoms with Crippen molar-refractivity contribution in [2.24, 2.45) is 5.92 Å². The van der Waals surface area contributed by atoms with Gasteiger partial charge in [-0.2, -0.15) is 0 Å². The minimum Gasteiger partial charge on any atom is -0.328 e. The number of hydrogen-bond donors (Lipinski definition) is 3. The van der Waals surface area contributed by atoms with Gasteiger partial charge < -0.3 is 10.6 Å². The van der Waals surface area contributed by atoms with Crippen LogP contribution in [0.1, 0.15) is 42.4 Å². The molecule has 1 aromatic heterocycles. The zero-order chi connectivity index (χ0) is 19.9. The van der Waals surface area contributed by atoms with Crippen molar-refractivity contribution < 1.29 is 17.6 Å². The van der Waals surface area contributed by atoms with E-state index < -0.39 is 26.8 Å². The second-order valence-corrected chi connectivity index (χ2v) is 9.85. The van der Waals surface area contributed by atoms with Crippen LogP contribution in [-0.2, 0) is 10.0 Å². The van der Waals surface area contributed by atoms with Gasteiger partial charge in [0.05, 0.1) is 6.04 Å². The molecule has 150 valence electrons. The number of urea groups is 1. The summed E-state index contributed by atoms with van der Waals surface area (Å²) in [5, 5.41) is 8.31. The molecule has 2 aliphatic rings. The van der Waals surface area contributed by atoms with Gasteiger partial charge in [0, 0.05) is 22.8 Å². The summed E-state index contributed by atoms with van der Waals surface area (Å²) in [6.45, 7) is 1.90. The van der Waals surface area contributed by atoms with Crippen LogP contribution in [0.15, 0.2) is 28.5 Å². The molecule has 0 radical (unpaired) electrons. The Kier molecular flexibility index (Phi) is 5.11. The number of aryl methyl sites for hydroxylation is 1. The third-order valence-electron chi connectivity index (χ3n) is 4.66. The minimum atomic E-state index is -3.96. The van der Waals surface area contributed by atoms with Gasteiger partial charge in [-0.1, -0.05) is 0 Å². The number of rotatable bonds is 7. The van der Waals surface area contributed by atoms with Crippen molar-refractivity contribution in [1.82, 2.24) is 15.0 Å². The molecule has 0 aliphatic heterocycles. The highest BCUT2D eigenvalue weighted by Crippen LogP contribution is 2.41. The van der Waals surface area contributed by atoms with E-state index in [4.69, 9.17) is 0 Å². The number of sulfonamides is 1. The number of aromatic nitrogens is 1. The number of amides is 2. The van der Waals surface area contributed by atoms with Gasteiger partial charge in [-0.15, -0.1) is 11.3 Å². The van der Waals surface area contributed by atoms with Gasteiger partial charge in [0.1, 0.15) is 15.7 Å². The molecule has 3 N–H and O–H groups in total. The highest BCUT2D eigenvalue weighted by atomic mass is 32.2. The van der Waals surface area contributed by atoms with E-state index >= 15 is 0 Å². The molecule has 1 heterocycles. The molecule has 2 saturated carbocycles. The Balaban J connectivity index is 1.47. The van der Waals surface area contributed by atoms with Crippen molar-refractivity contribution in [2.75, 3.05) is 5.32 Å². The molecule has 0 bridgehead atoms. The summed E-state index contributed by atoms with van der Waals surface area (Å²) in [7, 11) is -3.96. The molecule has 28 heavy (non-hydrogen) atoms. The van der Waals surface area contributed by atoms with E-state index in [0.717, 1.165) is 48.5 Å². The maximum Gasteiger partial charge on any atom is 0.319 e. The lowest BCUT2D eigenvalue weighted by Gasteiger charge is -2.17. The highest BCUT2D eigenvalue weighted by molar-refractivity contribution is 7.89. The summed E-state index contributed by atoms with van der Waals surface area (Å²) in [5.41, 5.74) is 1.12. The molecule has 4 rings (SSSR count). The maximum absolute atomic E-state index is 14.1. The number of thiazole rings is 1. The van der Waals surface area contributed by atoms with Crippen molar-refractivity contribution in [3.05, 3.63) is 40.1 Å². The van der Waals surface area contributed by atoms with Gasteiger partial charge in [-0.25, -0.2) is 27.3 Å². The number of carbonyl (C=O) groups is 1. The Hall–Kier alpha value is -2.04. The number of hydrogen-bond acceptors (Lipinski definition) is 5. The zero-order valence-corrected chi connectivity index (χ0v) is 16.9. The molecule has 2 aromatic rings. The summed E-state index contributed by atoms with van der Waals surface area (Å²) < 4.78 is 41.1. The first-order chi connectivity index (χ1) is 13.3. The molecule has 7 nitrogen and oxygen atoms in total. The zero-order valence-electron chi connectivity index (χ0n) is 15.2. The summed E-state index contributed by atoms with van der Waals surface area (Å²) in [5.74, 6) is -0.503. The van der Waals surface area contributed by atoms with Crippen molar-refractivity contribution in [3.8, 4) is 0 Å². The van der Waals surface area contributed by atoms with E-state index in [-0.39, 0.29) is 17.8 Å². The number of benzene rings is 1. The number of halogens is 1. The molecule has 2 fully saturated rings. The number of nitrogens with one attached hydrogen (secondary N) is 3. The van der Waals surface area contributed by atoms with Crippen molar-refractivity contribution in [2.45, 2.75) is 49.6 Å². The van der Waals surface area contributed by atoms with Gasteiger partial charge in [-0.05, 0) is 56.7 Å². The Morgan fingerprint density at radius 1 is 1.29 bits per heavy atom. The van der Waals surface area contributed by atoms with Crippen LogP contribution in [0.4, 0.5) is 14.9 Å². The van der Waals surface area contributed by atoms with Crippen LogP contribution in [0.25, 0.3) is 0 Å². The Morgan fingerprint density at radius 2 is 2.04 bits per heavy atom. The maximum atomic E-state index is 14.1. The lowest BCUT2D eigenvalue weighted by Crippen LogP contribution is -2.33. The average Bonchev–Trinajstić information content (AvgIpc) is 3.55. The Morgan fingerprint density at radius 3 is 2.64 bits per heavy atom. The quantitative estimate of drug-likeness (QED) is 0.635. The first-order valence-corrected chi connectivity index (χ1v) is 11.5. The minimum absolute atomic E-state index is 0.134. The normalized spacial score (nSPS) is 17.9. The molecular weight excluding hydrogens is 403 g/mol. The third kappa shape index (κ3) is 4.50. The van der Waals surface area contributed by atoms with Crippen molar-refractivity contribution >= 4 is 33.1 Å². The smallest absolute Gasteiger partial charge is 0.319 e. The molecule has 1 aromatic carbocycles. The summed E-state index contributed by atoms with van der Waals surface area (Å²) >= 11 is 1.50. The molecule has 0 saturated heterocycles. The van der Waals surface area contributed by atoms with Gasteiger partial charge in [0.15, 0.2) is 0 Å². The Bertz CT molecular complexity index is 1000. The van der Waals surface area contributed by atoms with E-state index in [2.05, 4.69) is 20.3 Å². The molecule has 1 unspecified atom stereocenters. The second-order valence-electron chi connectivity index (χ2n) is 7.28. The van der Waals surface area contributed by atoms with Gasteiger partial charge >= 0.3 is 6.03 Å². The number of carbonyl (C=O) groups excluding carboxylic acids is 1. The Labute approximate surface area is 166 Å². The molecule has 2 aliphatic carbocycles. The largest absolute Gasteiger partial charge is 0.328 e. The highest BCUT2D eigenvalue weighted by Gasteiger charge is 2.35. The SMILES string of the molecule is Cc1csc(C(NC(=O)Nc2ccc(F)c(S(=O)(=O)NC3CC3)c2)C2CC2)n1. The number of anilines is 1. The average molecular weight is 425 g/mol. The summed E-state index contributed by atoms with van der Waals surface area (Å²) in [4.78, 5) is 16.5.